The lowest BCUT2D eigenvalue weighted by molar-refractivity contribution is -0.127. The molecule has 0 fully saturated rings. The van der Waals surface area contributed by atoms with E-state index < -0.39 is 0 Å². The average molecular weight is 261 g/mol. The lowest BCUT2D eigenvalue weighted by Crippen LogP contribution is -2.19. The zero-order valence-electron chi connectivity index (χ0n) is 11.1. The number of amides is 1. The van der Waals surface area contributed by atoms with Gasteiger partial charge in [-0.25, -0.2) is 0 Å². The molecule has 0 aliphatic carbocycles. The first-order chi connectivity index (χ1) is 8.68. The first-order valence-corrected chi connectivity index (χ1v) is 6.11. The first kappa shape index (κ1) is 17.0. The third-order valence-corrected chi connectivity index (χ3v) is 2.11. The molecule has 0 aromatic rings. The molecular weight excluding hydrogens is 238 g/mol. The van der Waals surface area contributed by atoms with E-state index >= 15 is 0 Å². The molecule has 1 amide bonds. The Kier molecular flexibility index (Phi) is 11.8. The molecule has 0 aliphatic rings. The highest BCUT2D eigenvalue weighted by molar-refractivity contribution is 5.81. The molecule has 0 aliphatic heterocycles. The number of hydrogen-bond donors (Lipinski definition) is 1. The molecule has 6 nitrogen and oxygen atoms in total. The van der Waals surface area contributed by atoms with Gasteiger partial charge in [-0.2, -0.15) is 0 Å². The van der Waals surface area contributed by atoms with Crippen LogP contribution in [-0.4, -0.2) is 58.4 Å². The SMILES string of the molecule is CC(C)C(=O)COCCOCCOCCNC=O. The first-order valence-electron chi connectivity index (χ1n) is 6.11. The van der Waals surface area contributed by atoms with E-state index in [1.54, 1.807) is 0 Å². The summed E-state index contributed by atoms with van der Waals surface area (Å²) in [5.74, 6) is 0.111. The second kappa shape index (κ2) is 12.5. The quantitative estimate of drug-likeness (QED) is 0.373. The van der Waals surface area contributed by atoms with Crippen LogP contribution in [0.4, 0.5) is 0 Å². The van der Waals surface area contributed by atoms with Crippen LogP contribution in [0.15, 0.2) is 0 Å². The van der Waals surface area contributed by atoms with Crippen molar-refractivity contribution in [1.82, 2.24) is 5.32 Å². The highest BCUT2D eigenvalue weighted by Crippen LogP contribution is 1.94. The van der Waals surface area contributed by atoms with E-state index in [0.717, 1.165) is 0 Å². The van der Waals surface area contributed by atoms with Crippen LogP contribution in [0.1, 0.15) is 13.8 Å². The van der Waals surface area contributed by atoms with Crippen LogP contribution in [0.2, 0.25) is 0 Å². The number of ketones is 1. The third-order valence-electron chi connectivity index (χ3n) is 2.11. The molecule has 0 aromatic carbocycles. The molecule has 0 aromatic heterocycles. The monoisotopic (exact) mass is 261 g/mol. The van der Waals surface area contributed by atoms with Crippen molar-refractivity contribution < 1.29 is 23.8 Å². The third kappa shape index (κ3) is 11.5. The maximum atomic E-state index is 11.2. The van der Waals surface area contributed by atoms with Crippen LogP contribution in [-0.2, 0) is 23.8 Å². The number of ether oxygens (including phenoxy) is 3. The average Bonchev–Trinajstić information content (AvgIpc) is 2.35. The van der Waals surface area contributed by atoms with E-state index in [1.165, 1.54) is 0 Å². The Labute approximate surface area is 108 Å². The maximum absolute atomic E-state index is 11.2. The highest BCUT2D eigenvalue weighted by atomic mass is 16.5. The topological polar surface area (TPSA) is 73.9 Å². The minimum Gasteiger partial charge on any atom is -0.377 e. The molecule has 0 spiro atoms. The van der Waals surface area contributed by atoms with Crippen LogP contribution < -0.4 is 5.32 Å². The normalized spacial score (nSPS) is 10.6. The minimum absolute atomic E-state index is 0.0132. The zero-order chi connectivity index (χ0) is 13.6. The van der Waals surface area contributed by atoms with Gasteiger partial charge in [0, 0.05) is 12.5 Å². The molecule has 0 unspecified atom stereocenters. The van der Waals surface area contributed by atoms with Gasteiger partial charge in [0.1, 0.15) is 6.61 Å². The summed E-state index contributed by atoms with van der Waals surface area (Å²) in [4.78, 5) is 21.1. The van der Waals surface area contributed by atoms with Gasteiger partial charge < -0.3 is 19.5 Å². The Bertz CT molecular complexity index is 221. The summed E-state index contributed by atoms with van der Waals surface area (Å²) in [5.41, 5.74) is 0. The van der Waals surface area contributed by atoms with Crippen molar-refractivity contribution in [2.75, 3.05) is 46.2 Å². The van der Waals surface area contributed by atoms with Gasteiger partial charge >= 0.3 is 0 Å². The summed E-state index contributed by atoms with van der Waals surface area (Å²) >= 11 is 0. The fourth-order valence-corrected chi connectivity index (χ4v) is 0.969. The zero-order valence-corrected chi connectivity index (χ0v) is 11.1. The molecule has 0 atom stereocenters. The van der Waals surface area contributed by atoms with Gasteiger partial charge in [-0.05, 0) is 0 Å². The second-order valence-electron chi connectivity index (χ2n) is 3.97. The van der Waals surface area contributed by atoms with Crippen molar-refractivity contribution in [1.29, 1.82) is 0 Å². The van der Waals surface area contributed by atoms with Crippen molar-refractivity contribution in [2.45, 2.75) is 13.8 Å². The van der Waals surface area contributed by atoms with Crippen LogP contribution in [0.5, 0.6) is 0 Å². The fourth-order valence-electron chi connectivity index (χ4n) is 0.969. The van der Waals surface area contributed by atoms with E-state index in [9.17, 15) is 9.59 Å². The van der Waals surface area contributed by atoms with Gasteiger partial charge in [-0.15, -0.1) is 0 Å². The summed E-state index contributed by atoms with van der Waals surface area (Å²) in [7, 11) is 0. The smallest absolute Gasteiger partial charge is 0.207 e. The number of carbonyl (C=O) groups is 2. The lowest BCUT2D eigenvalue weighted by Gasteiger charge is -2.07. The Morgan fingerprint density at radius 3 is 2.17 bits per heavy atom. The molecule has 0 saturated carbocycles. The summed E-state index contributed by atoms with van der Waals surface area (Å²) < 4.78 is 15.6. The van der Waals surface area contributed by atoms with Gasteiger partial charge in [0.2, 0.25) is 6.41 Å². The molecule has 0 rings (SSSR count). The van der Waals surface area contributed by atoms with Gasteiger partial charge in [0.05, 0.1) is 33.0 Å². The van der Waals surface area contributed by atoms with Crippen LogP contribution in [0, 0.1) is 5.92 Å². The second-order valence-corrected chi connectivity index (χ2v) is 3.97. The Morgan fingerprint density at radius 2 is 1.61 bits per heavy atom. The van der Waals surface area contributed by atoms with E-state index in [-0.39, 0.29) is 18.3 Å². The summed E-state index contributed by atoms with van der Waals surface area (Å²) in [6, 6.07) is 0. The molecule has 106 valence electrons. The summed E-state index contributed by atoms with van der Waals surface area (Å²) in [6.45, 7) is 6.62. The minimum atomic E-state index is 0.0132. The van der Waals surface area contributed by atoms with Crippen LogP contribution >= 0.6 is 0 Å². The lowest BCUT2D eigenvalue weighted by atomic mass is 10.1. The standard InChI is InChI=1S/C12H23NO5/c1-11(2)12(15)9-18-8-7-17-6-5-16-4-3-13-10-14/h10-11H,3-9H2,1-2H3,(H,13,14). The number of Topliss-reactive ketones (excluding diaryl/α,β-unsaturated/α-hetero) is 1. The molecule has 0 saturated heterocycles. The number of nitrogens with one attached hydrogen (secondary N) is 1. The summed E-state index contributed by atoms with van der Waals surface area (Å²) in [6.07, 6.45) is 0.635. The van der Waals surface area contributed by atoms with Crippen molar-refractivity contribution in [3.8, 4) is 0 Å². The van der Waals surface area contributed by atoms with Crippen molar-refractivity contribution in [2.24, 2.45) is 5.92 Å². The van der Waals surface area contributed by atoms with Crippen molar-refractivity contribution in [3.05, 3.63) is 0 Å². The predicted molar refractivity (Wildman–Crippen MR) is 66.4 cm³/mol. The molecule has 0 radical (unpaired) electrons. The molecule has 6 heteroatoms. The van der Waals surface area contributed by atoms with E-state index in [4.69, 9.17) is 14.2 Å². The molecule has 0 heterocycles. The summed E-state index contributed by atoms with van der Waals surface area (Å²) in [5, 5.41) is 2.49. The number of carbonyl (C=O) groups excluding carboxylic acids is 2. The molecule has 18 heavy (non-hydrogen) atoms. The van der Waals surface area contributed by atoms with Crippen molar-refractivity contribution in [3.63, 3.8) is 0 Å². The Hall–Kier alpha value is -0.980. The van der Waals surface area contributed by atoms with Gasteiger partial charge in [0.15, 0.2) is 5.78 Å². The highest BCUT2D eigenvalue weighted by Gasteiger charge is 2.06. The van der Waals surface area contributed by atoms with Crippen LogP contribution in [0.25, 0.3) is 0 Å². The van der Waals surface area contributed by atoms with Gasteiger partial charge in [0.25, 0.3) is 0 Å². The van der Waals surface area contributed by atoms with E-state index in [1.807, 2.05) is 13.8 Å². The van der Waals surface area contributed by atoms with Crippen molar-refractivity contribution >= 4 is 12.2 Å². The Balaban J connectivity index is 3.07. The molecule has 0 bridgehead atoms. The van der Waals surface area contributed by atoms with Crippen LogP contribution in [0.3, 0.4) is 0 Å². The molecule has 1 N–H and O–H groups in total. The Morgan fingerprint density at radius 1 is 1.06 bits per heavy atom. The number of rotatable bonds is 13. The maximum Gasteiger partial charge on any atom is 0.207 e. The molecular formula is C12H23NO5. The van der Waals surface area contributed by atoms with Gasteiger partial charge in [-0.3, -0.25) is 9.59 Å². The predicted octanol–water partition coefficient (Wildman–Crippen LogP) is 0.00730. The fraction of sp³-hybridized carbons (Fsp3) is 0.833. The van der Waals surface area contributed by atoms with E-state index in [0.29, 0.717) is 46.0 Å². The van der Waals surface area contributed by atoms with Gasteiger partial charge in [-0.1, -0.05) is 13.8 Å². The number of hydrogen-bond acceptors (Lipinski definition) is 5. The largest absolute Gasteiger partial charge is 0.377 e. The van der Waals surface area contributed by atoms with E-state index in [2.05, 4.69) is 5.32 Å².